The van der Waals surface area contributed by atoms with Gasteiger partial charge in [-0.15, -0.1) is 0 Å². The molecule has 0 saturated heterocycles. The molecule has 22 heavy (non-hydrogen) atoms. The van der Waals surface area contributed by atoms with Gasteiger partial charge in [0.25, 0.3) is 5.91 Å². The summed E-state index contributed by atoms with van der Waals surface area (Å²) >= 11 is 0. The van der Waals surface area contributed by atoms with Crippen molar-refractivity contribution >= 4 is 5.91 Å². The largest absolute Gasteiger partial charge is 0.393 e. The van der Waals surface area contributed by atoms with Gasteiger partial charge in [-0.2, -0.15) is 5.10 Å². The van der Waals surface area contributed by atoms with E-state index in [-0.39, 0.29) is 23.9 Å². The summed E-state index contributed by atoms with van der Waals surface area (Å²) in [4.78, 5) is 12.4. The molecule has 5 nitrogen and oxygen atoms in total. The highest BCUT2D eigenvalue weighted by molar-refractivity contribution is 5.99. The maximum absolute atomic E-state index is 13.0. The molecule has 3 rings (SSSR count). The Morgan fingerprint density at radius 1 is 1.23 bits per heavy atom. The third-order valence-corrected chi connectivity index (χ3v) is 4.05. The van der Waals surface area contributed by atoms with Crippen LogP contribution in [0.15, 0.2) is 30.5 Å². The maximum atomic E-state index is 13.0. The van der Waals surface area contributed by atoms with Crippen molar-refractivity contribution in [3.8, 4) is 11.3 Å². The second kappa shape index (κ2) is 6.27. The van der Waals surface area contributed by atoms with Gasteiger partial charge in [-0.05, 0) is 49.9 Å². The van der Waals surface area contributed by atoms with E-state index in [2.05, 4.69) is 15.5 Å². The Hall–Kier alpha value is -2.21. The zero-order valence-electron chi connectivity index (χ0n) is 12.1. The van der Waals surface area contributed by atoms with E-state index in [1.807, 2.05) is 0 Å². The Morgan fingerprint density at radius 3 is 2.59 bits per heavy atom. The van der Waals surface area contributed by atoms with E-state index in [1.54, 1.807) is 12.1 Å². The lowest BCUT2D eigenvalue weighted by atomic mass is 9.93. The molecule has 0 unspecified atom stereocenters. The fraction of sp³-hybridized carbons (Fsp3) is 0.375. The normalized spacial score (nSPS) is 21.5. The standard InChI is InChI=1S/C16H18FN3O2/c17-11-3-1-10(2-4-11)15-14(9-18-20-15)16(22)19-12-5-7-13(21)8-6-12/h1-4,9,12-13,21H,5-8H2,(H,18,20)(H,19,22). The van der Waals surface area contributed by atoms with Crippen molar-refractivity contribution < 1.29 is 14.3 Å². The monoisotopic (exact) mass is 303 g/mol. The Balaban J connectivity index is 1.74. The van der Waals surface area contributed by atoms with Crippen molar-refractivity contribution in [3.05, 3.63) is 41.8 Å². The molecule has 0 atom stereocenters. The fourth-order valence-corrected chi connectivity index (χ4v) is 2.78. The Morgan fingerprint density at radius 2 is 1.91 bits per heavy atom. The first kappa shape index (κ1) is 14.7. The number of aliphatic hydroxyl groups excluding tert-OH is 1. The number of amides is 1. The molecule has 1 aromatic carbocycles. The second-order valence-corrected chi connectivity index (χ2v) is 5.64. The predicted octanol–water partition coefficient (Wildman–Crippen LogP) is 2.25. The molecule has 1 heterocycles. The van der Waals surface area contributed by atoms with Gasteiger partial charge in [-0.25, -0.2) is 4.39 Å². The molecule has 0 radical (unpaired) electrons. The van der Waals surface area contributed by atoms with Crippen LogP contribution in [0.1, 0.15) is 36.0 Å². The first-order chi connectivity index (χ1) is 10.6. The van der Waals surface area contributed by atoms with Gasteiger partial charge in [0.15, 0.2) is 0 Å². The number of aromatic nitrogens is 2. The zero-order chi connectivity index (χ0) is 15.5. The highest BCUT2D eigenvalue weighted by Crippen LogP contribution is 2.23. The third-order valence-electron chi connectivity index (χ3n) is 4.05. The number of halogens is 1. The summed E-state index contributed by atoms with van der Waals surface area (Å²) in [6.45, 7) is 0. The van der Waals surface area contributed by atoms with Crippen LogP contribution in [0.4, 0.5) is 4.39 Å². The fourth-order valence-electron chi connectivity index (χ4n) is 2.78. The molecule has 0 spiro atoms. The number of aromatic amines is 1. The van der Waals surface area contributed by atoms with Crippen LogP contribution in [-0.4, -0.2) is 33.4 Å². The molecule has 116 valence electrons. The van der Waals surface area contributed by atoms with Crippen LogP contribution in [0, 0.1) is 5.82 Å². The molecule has 0 aliphatic heterocycles. The topological polar surface area (TPSA) is 78.0 Å². The molecule has 2 aromatic rings. The lowest BCUT2D eigenvalue weighted by molar-refractivity contribution is 0.0868. The number of hydrogen-bond donors (Lipinski definition) is 3. The first-order valence-electron chi connectivity index (χ1n) is 7.41. The second-order valence-electron chi connectivity index (χ2n) is 5.64. The summed E-state index contributed by atoms with van der Waals surface area (Å²) in [5.74, 6) is -0.524. The number of benzene rings is 1. The number of nitrogens with zero attached hydrogens (tertiary/aromatic N) is 1. The van der Waals surface area contributed by atoms with Crippen molar-refractivity contribution in [3.63, 3.8) is 0 Å². The van der Waals surface area contributed by atoms with Gasteiger partial charge in [-0.3, -0.25) is 9.89 Å². The number of H-pyrrole nitrogens is 1. The van der Waals surface area contributed by atoms with E-state index in [0.717, 1.165) is 12.8 Å². The molecular formula is C16H18FN3O2. The summed E-state index contributed by atoms with van der Waals surface area (Å²) in [6.07, 6.45) is 4.19. The van der Waals surface area contributed by atoms with Crippen molar-refractivity contribution in [2.45, 2.75) is 37.8 Å². The third kappa shape index (κ3) is 3.17. The summed E-state index contributed by atoms with van der Waals surface area (Å²) in [6, 6.07) is 5.99. The number of rotatable bonds is 3. The summed E-state index contributed by atoms with van der Waals surface area (Å²) in [5.41, 5.74) is 1.73. The van der Waals surface area contributed by atoms with Gasteiger partial charge in [0.05, 0.1) is 23.6 Å². The van der Waals surface area contributed by atoms with E-state index in [4.69, 9.17) is 0 Å². The average Bonchev–Trinajstić information content (AvgIpc) is 3.00. The lowest BCUT2D eigenvalue weighted by Crippen LogP contribution is -2.38. The molecule has 1 fully saturated rings. The number of carbonyl (C=O) groups is 1. The number of hydrogen-bond acceptors (Lipinski definition) is 3. The van der Waals surface area contributed by atoms with Crippen molar-refractivity contribution in [1.82, 2.24) is 15.5 Å². The van der Waals surface area contributed by atoms with Gasteiger partial charge in [0.2, 0.25) is 0 Å². The Labute approximate surface area is 127 Å². The highest BCUT2D eigenvalue weighted by Gasteiger charge is 2.23. The molecule has 1 amide bonds. The minimum Gasteiger partial charge on any atom is -0.393 e. The summed E-state index contributed by atoms with van der Waals surface area (Å²) < 4.78 is 13.0. The summed E-state index contributed by atoms with van der Waals surface area (Å²) in [7, 11) is 0. The number of aliphatic hydroxyl groups is 1. The molecule has 1 saturated carbocycles. The van der Waals surface area contributed by atoms with E-state index < -0.39 is 0 Å². The van der Waals surface area contributed by atoms with E-state index >= 15 is 0 Å². The predicted molar refractivity (Wildman–Crippen MR) is 79.7 cm³/mol. The minimum atomic E-state index is -0.324. The molecule has 6 heteroatoms. The van der Waals surface area contributed by atoms with Crippen molar-refractivity contribution in [2.75, 3.05) is 0 Å². The first-order valence-corrected chi connectivity index (χ1v) is 7.41. The van der Waals surface area contributed by atoms with Crippen molar-refractivity contribution in [1.29, 1.82) is 0 Å². The molecule has 0 bridgehead atoms. The van der Waals surface area contributed by atoms with E-state index in [1.165, 1.54) is 18.3 Å². The quantitative estimate of drug-likeness (QED) is 0.814. The Kier molecular flexibility index (Phi) is 4.20. The molecule has 1 aliphatic carbocycles. The Bertz CT molecular complexity index is 646. The van der Waals surface area contributed by atoms with Crippen molar-refractivity contribution in [2.24, 2.45) is 0 Å². The molecule has 1 aliphatic rings. The van der Waals surface area contributed by atoms with Crippen LogP contribution >= 0.6 is 0 Å². The smallest absolute Gasteiger partial charge is 0.255 e. The highest BCUT2D eigenvalue weighted by atomic mass is 19.1. The summed E-state index contributed by atoms with van der Waals surface area (Å²) in [5, 5.41) is 19.2. The van der Waals surface area contributed by atoms with E-state index in [0.29, 0.717) is 29.7 Å². The van der Waals surface area contributed by atoms with Crippen LogP contribution in [0.2, 0.25) is 0 Å². The van der Waals surface area contributed by atoms with Gasteiger partial charge >= 0.3 is 0 Å². The van der Waals surface area contributed by atoms with Gasteiger partial charge < -0.3 is 10.4 Å². The van der Waals surface area contributed by atoms with Crippen LogP contribution in [0.5, 0.6) is 0 Å². The maximum Gasteiger partial charge on any atom is 0.255 e. The lowest BCUT2D eigenvalue weighted by Gasteiger charge is -2.26. The van der Waals surface area contributed by atoms with Crippen LogP contribution < -0.4 is 5.32 Å². The van der Waals surface area contributed by atoms with Gasteiger partial charge in [0.1, 0.15) is 5.82 Å². The molecular weight excluding hydrogens is 285 g/mol. The minimum absolute atomic E-state index is 0.0758. The molecule has 1 aromatic heterocycles. The van der Waals surface area contributed by atoms with Crippen LogP contribution in [0.3, 0.4) is 0 Å². The number of carbonyl (C=O) groups excluding carboxylic acids is 1. The number of nitrogens with one attached hydrogen (secondary N) is 2. The molecule has 3 N–H and O–H groups in total. The average molecular weight is 303 g/mol. The van der Waals surface area contributed by atoms with Gasteiger partial charge in [-0.1, -0.05) is 0 Å². The van der Waals surface area contributed by atoms with Crippen LogP contribution in [-0.2, 0) is 0 Å². The van der Waals surface area contributed by atoms with E-state index in [9.17, 15) is 14.3 Å². The van der Waals surface area contributed by atoms with Gasteiger partial charge in [0, 0.05) is 11.6 Å². The SMILES string of the molecule is O=C(NC1CCC(O)CC1)c1cn[nH]c1-c1ccc(F)cc1. The van der Waals surface area contributed by atoms with Crippen LogP contribution in [0.25, 0.3) is 11.3 Å². The zero-order valence-corrected chi connectivity index (χ0v) is 12.1.